The quantitative estimate of drug-likeness (QED) is 0.638. The van der Waals surface area contributed by atoms with Crippen LogP contribution in [0.15, 0.2) is 12.1 Å². The van der Waals surface area contributed by atoms with E-state index in [2.05, 4.69) is 0 Å². The SMILES string of the molecule is Cl.N#CC[C@@H](N)c1ccc([N+](=O)[O-])s1. The highest BCUT2D eigenvalue weighted by Gasteiger charge is 2.14. The van der Waals surface area contributed by atoms with Crippen LogP contribution >= 0.6 is 23.7 Å². The summed E-state index contributed by atoms with van der Waals surface area (Å²) in [5.74, 6) is 0. The van der Waals surface area contributed by atoms with Crippen molar-refractivity contribution in [3.8, 4) is 6.07 Å². The van der Waals surface area contributed by atoms with Gasteiger partial charge in [-0.25, -0.2) is 0 Å². The van der Waals surface area contributed by atoms with Gasteiger partial charge < -0.3 is 5.73 Å². The van der Waals surface area contributed by atoms with Crippen LogP contribution in [0, 0.1) is 21.4 Å². The molecule has 5 nitrogen and oxygen atoms in total. The molecule has 0 radical (unpaired) electrons. The Balaban J connectivity index is 0.00000169. The largest absolute Gasteiger partial charge is 0.324 e. The van der Waals surface area contributed by atoms with Crippen LogP contribution in [0.4, 0.5) is 5.00 Å². The second kappa shape index (κ2) is 5.54. The second-order valence-corrected chi connectivity index (χ2v) is 3.50. The van der Waals surface area contributed by atoms with Gasteiger partial charge in [-0.05, 0) is 6.07 Å². The zero-order chi connectivity index (χ0) is 9.84. The highest BCUT2D eigenvalue weighted by Crippen LogP contribution is 2.28. The van der Waals surface area contributed by atoms with Gasteiger partial charge in [-0.3, -0.25) is 10.1 Å². The third kappa shape index (κ3) is 2.96. The fourth-order valence-electron chi connectivity index (χ4n) is 0.839. The molecular formula is C7H8ClN3O2S. The van der Waals surface area contributed by atoms with Crippen molar-refractivity contribution in [1.82, 2.24) is 0 Å². The van der Waals surface area contributed by atoms with Crippen LogP contribution in [0.2, 0.25) is 0 Å². The first-order valence-corrected chi connectivity index (χ1v) is 4.33. The minimum Gasteiger partial charge on any atom is -0.322 e. The summed E-state index contributed by atoms with van der Waals surface area (Å²) >= 11 is 1.01. The van der Waals surface area contributed by atoms with Gasteiger partial charge in [0.2, 0.25) is 0 Å². The summed E-state index contributed by atoms with van der Waals surface area (Å²) in [6, 6.07) is 4.49. The first kappa shape index (κ1) is 12.8. The molecule has 0 aliphatic heterocycles. The molecule has 0 unspecified atom stereocenters. The van der Waals surface area contributed by atoms with Crippen molar-refractivity contribution < 1.29 is 4.92 Å². The van der Waals surface area contributed by atoms with Crippen LogP contribution < -0.4 is 5.73 Å². The Labute approximate surface area is 90.7 Å². The molecule has 0 amide bonds. The minimum absolute atomic E-state index is 0. The van der Waals surface area contributed by atoms with Crippen LogP contribution in [-0.4, -0.2) is 4.92 Å². The normalized spacial score (nSPS) is 11.1. The molecule has 0 saturated carbocycles. The fraction of sp³-hybridized carbons (Fsp3) is 0.286. The molecule has 7 heteroatoms. The molecule has 0 aliphatic rings. The summed E-state index contributed by atoms with van der Waals surface area (Å²) < 4.78 is 0. The standard InChI is InChI=1S/C7H7N3O2S.ClH/c8-4-3-5(9)6-1-2-7(13-6)10(11)12;/h1-2,5H,3,9H2;1H/t5-;/m1./s1. The molecular weight excluding hydrogens is 226 g/mol. The maximum Gasteiger partial charge on any atom is 0.324 e. The van der Waals surface area contributed by atoms with E-state index in [1.807, 2.05) is 6.07 Å². The Morgan fingerprint density at radius 1 is 1.71 bits per heavy atom. The third-order valence-electron chi connectivity index (χ3n) is 1.47. The average Bonchev–Trinajstić information content (AvgIpc) is 2.52. The van der Waals surface area contributed by atoms with E-state index in [0.29, 0.717) is 4.88 Å². The minimum atomic E-state index is -0.465. The van der Waals surface area contributed by atoms with Gasteiger partial charge in [0.25, 0.3) is 0 Å². The van der Waals surface area contributed by atoms with Crippen molar-refractivity contribution in [3.63, 3.8) is 0 Å². The molecule has 0 bridgehead atoms. The predicted molar refractivity (Wildman–Crippen MR) is 55.4 cm³/mol. The lowest BCUT2D eigenvalue weighted by Crippen LogP contribution is -2.06. The van der Waals surface area contributed by atoms with Crippen LogP contribution in [0.3, 0.4) is 0 Å². The zero-order valence-electron chi connectivity index (χ0n) is 7.04. The predicted octanol–water partition coefficient (Wildman–Crippen LogP) is 1.99. The van der Waals surface area contributed by atoms with Crippen LogP contribution in [-0.2, 0) is 0 Å². The Morgan fingerprint density at radius 3 is 2.79 bits per heavy atom. The van der Waals surface area contributed by atoms with E-state index in [4.69, 9.17) is 11.0 Å². The number of hydrogen-bond donors (Lipinski definition) is 1. The topological polar surface area (TPSA) is 93.0 Å². The van der Waals surface area contributed by atoms with Crippen LogP contribution in [0.25, 0.3) is 0 Å². The van der Waals surface area contributed by atoms with Crippen LogP contribution in [0.5, 0.6) is 0 Å². The van der Waals surface area contributed by atoms with E-state index in [1.165, 1.54) is 6.07 Å². The number of halogens is 1. The van der Waals surface area contributed by atoms with Crippen molar-refractivity contribution in [3.05, 3.63) is 27.1 Å². The molecule has 14 heavy (non-hydrogen) atoms. The molecule has 0 aliphatic carbocycles. The number of nitrogens with two attached hydrogens (primary N) is 1. The van der Waals surface area contributed by atoms with Crippen molar-refractivity contribution >= 4 is 28.7 Å². The first-order valence-electron chi connectivity index (χ1n) is 3.52. The number of thiophene rings is 1. The number of hydrogen-bond acceptors (Lipinski definition) is 5. The Hall–Kier alpha value is -1.16. The van der Waals surface area contributed by atoms with Gasteiger partial charge in [-0.15, -0.1) is 12.4 Å². The van der Waals surface area contributed by atoms with E-state index >= 15 is 0 Å². The number of nitro groups is 1. The Morgan fingerprint density at radius 2 is 2.36 bits per heavy atom. The summed E-state index contributed by atoms with van der Waals surface area (Å²) in [6.45, 7) is 0. The first-order chi connectivity index (χ1) is 6.15. The number of nitriles is 1. The number of nitrogens with zero attached hydrogens (tertiary/aromatic N) is 2. The third-order valence-corrected chi connectivity index (χ3v) is 2.64. The summed E-state index contributed by atoms with van der Waals surface area (Å²) in [6.07, 6.45) is 0.178. The lowest BCUT2D eigenvalue weighted by atomic mass is 10.2. The maximum absolute atomic E-state index is 10.3. The van der Waals surface area contributed by atoms with Gasteiger partial charge in [0.1, 0.15) is 0 Å². The zero-order valence-corrected chi connectivity index (χ0v) is 8.68. The molecule has 1 aromatic rings. The molecule has 1 rings (SSSR count). The molecule has 0 spiro atoms. The molecule has 2 N–H and O–H groups in total. The Kier molecular flexibility index (Phi) is 5.09. The molecule has 1 heterocycles. The lowest BCUT2D eigenvalue weighted by molar-refractivity contribution is -0.380. The van der Waals surface area contributed by atoms with Gasteiger partial charge >= 0.3 is 5.00 Å². The maximum atomic E-state index is 10.3. The lowest BCUT2D eigenvalue weighted by Gasteiger charge is -2.00. The summed E-state index contributed by atoms with van der Waals surface area (Å²) in [7, 11) is 0. The highest BCUT2D eigenvalue weighted by molar-refractivity contribution is 7.15. The average molecular weight is 234 g/mol. The van der Waals surface area contributed by atoms with E-state index in [0.717, 1.165) is 11.3 Å². The van der Waals surface area contributed by atoms with Crippen molar-refractivity contribution in [2.45, 2.75) is 12.5 Å². The van der Waals surface area contributed by atoms with Crippen LogP contribution in [0.1, 0.15) is 17.3 Å². The van der Waals surface area contributed by atoms with E-state index in [-0.39, 0.29) is 23.8 Å². The highest BCUT2D eigenvalue weighted by atomic mass is 35.5. The van der Waals surface area contributed by atoms with Gasteiger partial charge in [0.15, 0.2) is 0 Å². The van der Waals surface area contributed by atoms with Gasteiger partial charge in [-0.1, -0.05) is 11.3 Å². The van der Waals surface area contributed by atoms with Crippen molar-refractivity contribution in [2.24, 2.45) is 5.73 Å². The molecule has 0 aromatic carbocycles. The van der Waals surface area contributed by atoms with E-state index in [1.54, 1.807) is 6.07 Å². The molecule has 1 atom stereocenters. The van der Waals surface area contributed by atoms with E-state index in [9.17, 15) is 10.1 Å². The molecule has 0 saturated heterocycles. The summed E-state index contributed by atoms with van der Waals surface area (Å²) in [4.78, 5) is 10.5. The monoisotopic (exact) mass is 233 g/mol. The van der Waals surface area contributed by atoms with Crippen molar-refractivity contribution in [2.75, 3.05) is 0 Å². The summed E-state index contributed by atoms with van der Waals surface area (Å²) in [5.41, 5.74) is 5.58. The fourth-order valence-corrected chi connectivity index (χ4v) is 1.66. The van der Waals surface area contributed by atoms with E-state index < -0.39 is 11.0 Å². The number of rotatable bonds is 3. The molecule has 1 aromatic heterocycles. The summed E-state index contributed by atoms with van der Waals surface area (Å²) in [5, 5.41) is 18.7. The van der Waals surface area contributed by atoms with Gasteiger partial charge in [-0.2, -0.15) is 5.26 Å². The van der Waals surface area contributed by atoms with Gasteiger partial charge in [0.05, 0.1) is 23.5 Å². The smallest absolute Gasteiger partial charge is 0.322 e. The van der Waals surface area contributed by atoms with Gasteiger partial charge in [0, 0.05) is 10.9 Å². The second-order valence-electron chi connectivity index (χ2n) is 2.40. The molecule has 0 fully saturated rings. The molecule has 76 valence electrons. The Bertz CT molecular complexity index is 360. The van der Waals surface area contributed by atoms with Crippen molar-refractivity contribution in [1.29, 1.82) is 5.26 Å².